The zero-order valence-electron chi connectivity index (χ0n) is 12.4. The van der Waals surface area contributed by atoms with Gasteiger partial charge in [-0.15, -0.1) is 0 Å². The van der Waals surface area contributed by atoms with Crippen LogP contribution in [0.4, 0.5) is 0 Å². The molecule has 2 bridgehead atoms. The molecule has 3 aliphatic rings. The van der Waals surface area contributed by atoms with Crippen LogP contribution in [0.3, 0.4) is 0 Å². The lowest BCUT2D eigenvalue weighted by Gasteiger charge is -2.59. The Bertz CT molecular complexity index is 526. The van der Waals surface area contributed by atoms with Crippen LogP contribution in [-0.2, 0) is 11.8 Å². The van der Waals surface area contributed by atoms with Crippen LogP contribution in [0.1, 0.15) is 50.2 Å². The molecule has 4 rings (SSSR count). The van der Waals surface area contributed by atoms with E-state index in [4.69, 9.17) is 0 Å². The number of benzene rings is 1. The molecule has 20 heavy (non-hydrogen) atoms. The first-order chi connectivity index (χ1) is 9.74. The van der Waals surface area contributed by atoms with E-state index in [-0.39, 0.29) is 0 Å². The standard InChI is InChI=1S/C18H25NO/c1-2-19-10-9-18-8-4-3-5-15(18)17(19)11-13-6-7-14(20)12-16(13)18/h6-7,12,15,17,20H,2-5,8-11H2,1H3/t15-,17-,18+/m0/s1. The maximum Gasteiger partial charge on any atom is 0.115 e. The molecule has 1 saturated carbocycles. The Hall–Kier alpha value is -1.02. The highest BCUT2D eigenvalue weighted by atomic mass is 16.3. The molecule has 0 aromatic heterocycles. The summed E-state index contributed by atoms with van der Waals surface area (Å²) in [5, 5.41) is 9.96. The number of likely N-dealkylation sites (N-methyl/N-ethyl adjacent to an activating group) is 1. The smallest absolute Gasteiger partial charge is 0.115 e. The van der Waals surface area contributed by atoms with Crippen LogP contribution in [-0.4, -0.2) is 29.1 Å². The molecule has 0 unspecified atom stereocenters. The third-order valence-corrected chi connectivity index (χ3v) is 6.34. The molecule has 2 nitrogen and oxygen atoms in total. The van der Waals surface area contributed by atoms with Crippen LogP contribution in [0.2, 0.25) is 0 Å². The number of hydrogen-bond donors (Lipinski definition) is 1. The van der Waals surface area contributed by atoms with Crippen LogP contribution in [0, 0.1) is 5.92 Å². The average molecular weight is 271 g/mol. The second-order valence-corrected chi connectivity index (χ2v) is 7.00. The number of nitrogens with zero attached hydrogens (tertiary/aromatic N) is 1. The largest absolute Gasteiger partial charge is 0.508 e. The molecule has 3 atom stereocenters. The predicted octanol–water partition coefficient (Wildman–Crippen LogP) is 3.47. The lowest BCUT2D eigenvalue weighted by Crippen LogP contribution is -2.60. The van der Waals surface area contributed by atoms with E-state index in [1.165, 1.54) is 62.7 Å². The summed E-state index contributed by atoms with van der Waals surface area (Å²) in [6.45, 7) is 4.74. The first-order valence-corrected chi connectivity index (χ1v) is 8.31. The van der Waals surface area contributed by atoms with E-state index in [9.17, 15) is 5.11 Å². The van der Waals surface area contributed by atoms with Crippen molar-refractivity contribution in [3.8, 4) is 5.75 Å². The number of aromatic hydroxyl groups is 1. The van der Waals surface area contributed by atoms with Gasteiger partial charge in [0.1, 0.15) is 5.75 Å². The van der Waals surface area contributed by atoms with Crippen LogP contribution >= 0.6 is 0 Å². The van der Waals surface area contributed by atoms with Gasteiger partial charge in [0.25, 0.3) is 0 Å². The molecule has 1 heterocycles. The molecule has 2 fully saturated rings. The van der Waals surface area contributed by atoms with Crippen LogP contribution in [0.5, 0.6) is 5.75 Å². The van der Waals surface area contributed by atoms with Crippen molar-refractivity contribution >= 4 is 0 Å². The Kier molecular flexibility index (Phi) is 2.85. The minimum atomic E-state index is 0.376. The van der Waals surface area contributed by atoms with Crippen molar-refractivity contribution in [2.45, 2.75) is 56.9 Å². The van der Waals surface area contributed by atoms with Gasteiger partial charge in [-0.1, -0.05) is 25.8 Å². The fourth-order valence-electron chi connectivity index (χ4n) is 5.47. The maximum absolute atomic E-state index is 9.96. The van der Waals surface area contributed by atoms with Crippen molar-refractivity contribution in [1.29, 1.82) is 0 Å². The lowest BCUT2D eigenvalue weighted by molar-refractivity contribution is -0.00847. The van der Waals surface area contributed by atoms with Gasteiger partial charge in [0.2, 0.25) is 0 Å². The van der Waals surface area contributed by atoms with Gasteiger partial charge in [-0.05, 0) is 68.0 Å². The summed E-state index contributed by atoms with van der Waals surface area (Å²) in [6, 6.07) is 6.89. The minimum Gasteiger partial charge on any atom is -0.508 e. The molecule has 0 radical (unpaired) electrons. The Morgan fingerprint density at radius 1 is 1.30 bits per heavy atom. The number of piperidine rings is 1. The number of phenols is 1. The average Bonchev–Trinajstić information content (AvgIpc) is 2.48. The minimum absolute atomic E-state index is 0.376. The fourth-order valence-corrected chi connectivity index (χ4v) is 5.47. The third-order valence-electron chi connectivity index (χ3n) is 6.34. The van der Waals surface area contributed by atoms with E-state index in [1.54, 1.807) is 0 Å². The zero-order chi connectivity index (χ0) is 13.7. The highest BCUT2D eigenvalue weighted by Crippen LogP contribution is 2.56. The lowest BCUT2D eigenvalue weighted by atomic mass is 9.52. The Labute approximate surface area is 121 Å². The number of phenolic OH excluding ortho intramolecular Hbond substituents is 1. The van der Waals surface area contributed by atoms with E-state index < -0.39 is 0 Å². The molecule has 108 valence electrons. The van der Waals surface area contributed by atoms with E-state index in [0.717, 1.165) is 12.0 Å². The first kappa shape index (κ1) is 12.7. The van der Waals surface area contributed by atoms with Gasteiger partial charge >= 0.3 is 0 Å². The molecular weight excluding hydrogens is 246 g/mol. The zero-order valence-corrected chi connectivity index (χ0v) is 12.4. The molecule has 1 N–H and O–H groups in total. The summed E-state index contributed by atoms with van der Waals surface area (Å²) in [5.74, 6) is 1.28. The van der Waals surface area contributed by atoms with Crippen molar-refractivity contribution in [3.63, 3.8) is 0 Å². The summed E-state index contributed by atoms with van der Waals surface area (Å²) in [6.07, 6.45) is 7.96. The summed E-state index contributed by atoms with van der Waals surface area (Å²) in [5.41, 5.74) is 3.37. The van der Waals surface area contributed by atoms with Gasteiger partial charge in [-0.2, -0.15) is 0 Å². The Morgan fingerprint density at radius 2 is 2.20 bits per heavy atom. The molecule has 2 aliphatic carbocycles. The SMILES string of the molecule is CCN1CC[C@]23CCCC[C@H]2[C@@H]1Cc1ccc(O)cc13. The second-order valence-electron chi connectivity index (χ2n) is 7.00. The Morgan fingerprint density at radius 3 is 3.05 bits per heavy atom. The van der Waals surface area contributed by atoms with Crippen molar-refractivity contribution in [2.75, 3.05) is 13.1 Å². The maximum atomic E-state index is 9.96. The van der Waals surface area contributed by atoms with Gasteiger partial charge < -0.3 is 5.11 Å². The predicted molar refractivity (Wildman–Crippen MR) is 81.1 cm³/mol. The molecule has 1 aliphatic heterocycles. The summed E-state index contributed by atoms with van der Waals surface area (Å²) in [4.78, 5) is 2.71. The topological polar surface area (TPSA) is 23.5 Å². The molecule has 0 spiro atoms. The summed E-state index contributed by atoms with van der Waals surface area (Å²) < 4.78 is 0. The highest BCUT2D eigenvalue weighted by molar-refractivity contribution is 5.45. The van der Waals surface area contributed by atoms with Gasteiger partial charge in [0, 0.05) is 11.5 Å². The first-order valence-electron chi connectivity index (χ1n) is 8.31. The molecule has 1 aromatic carbocycles. The van der Waals surface area contributed by atoms with Gasteiger partial charge in [0.15, 0.2) is 0 Å². The summed E-state index contributed by atoms with van der Waals surface area (Å²) >= 11 is 0. The molecule has 1 saturated heterocycles. The van der Waals surface area contributed by atoms with Crippen LogP contribution in [0.25, 0.3) is 0 Å². The molecular formula is C18H25NO. The van der Waals surface area contributed by atoms with E-state index in [0.29, 0.717) is 11.2 Å². The van der Waals surface area contributed by atoms with Crippen LogP contribution < -0.4 is 0 Å². The second kappa shape index (κ2) is 4.49. The monoisotopic (exact) mass is 271 g/mol. The third kappa shape index (κ3) is 1.60. The highest BCUT2D eigenvalue weighted by Gasteiger charge is 2.53. The van der Waals surface area contributed by atoms with Crippen molar-refractivity contribution in [1.82, 2.24) is 4.90 Å². The quantitative estimate of drug-likeness (QED) is 0.845. The summed E-state index contributed by atoms with van der Waals surface area (Å²) in [7, 11) is 0. The number of rotatable bonds is 1. The molecule has 2 heteroatoms. The van der Waals surface area contributed by atoms with E-state index >= 15 is 0 Å². The Balaban J connectivity index is 1.87. The van der Waals surface area contributed by atoms with Crippen molar-refractivity contribution in [3.05, 3.63) is 29.3 Å². The van der Waals surface area contributed by atoms with Gasteiger partial charge in [-0.3, -0.25) is 4.90 Å². The number of fused-ring (bicyclic) bond motifs is 1. The number of likely N-dealkylation sites (tertiary alicyclic amines) is 1. The molecule has 0 amide bonds. The normalized spacial score (nSPS) is 36.2. The van der Waals surface area contributed by atoms with Gasteiger partial charge in [0.05, 0.1) is 0 Å². The fraction of sp³-hybridized carbons (Fsp3) is 0.667. The molecule has 1 aromatic rings. The van der Waals surface area contributed by atoms with Gasteiger partial charge in [-0.25, -0.2) is 0 Å². The van der Waals surface area contributed by atoms with Crippen molar-refractivity contribution < 1.29 is 5.11 Å². The van der Waals surface area contributed by atoms with Crippen LogP contribution in [0.15, 0.2) is 18.2 Å². The number of hydrogen-bond acceptors (Lipinski definition) is 2. The van der Waals surface area contributed by atoms with E-state index in [2.05, 4.69) is 24.0 Å². The van der Waals surface area contributed by atoms with Crippen molar-refractivity contribution in [2.24, 2.45) is 5.92 Å². The van der Waals surface area contributed by atoms with E-state index in [1.807, 2.05) is 6.07 Å².